The predicted molar refractivity (Wildman–Crippen MR) is 116 cm³/mol. The van der Waals surface area contributed by atoms with Gasteiger partial charge in [0.2, 0.25) is 0 Å². The lowest BCUT2D eigenvalue weighted by Gasteiger charge is -2.17. The Labute approximate surface area is 184 Å². The van der Waals surface area contributed by atoms with Gasteiger partial charge in [0, 0.05) is 12.3 Å². The molecule has 1 unspecified atom stereocenters. The number of rotatable bonds is 8. The molecule has 0 N–H and O–H groups in total. The minimum absolute atomic E-state index is 0.339. The van der Waals surface area contributed by atoms with E-state index in [1.54, 1.807) is 12.1 Å². The summed E-state index contributed by atoms with van der Waals surface area (Å²) in [6.07, 6.45) is -3.00. The molecule has 0 bridgehead atoms. The molecular weight excluding hydrogens is 423 g/mol. The number of thioether (sulfide) groups is 1. The monoisotopic (exact) mass is 447 g/mol. The summed E-state index contributed by atoms with van der Waals surface area (Å²) in [7, 11) is 0. The normalized spacial score (nSPS) is 12.6. The van der Waals surface area contributed by atoms with Gasteiger partial charge in [0.25, 0.3) is 0 Å². The van der Waals surface area contributed by atoms with Crippen LogP contribution >= 0.6 is 11.8 Å². The molecule has 0 saturated carbocycles. The molecule has 8 heteroatoms. The second-order valence-electron chi connectivity index (χ2n) is 7.26. The Morgan fingerprint density at radius 3 is 2.61 bits per heavy atom. The van der Waals surface area contributed by atoms with Crippen molar-refractivity contribution in [2.45, 2.75) is 50.5 Å². The van der Waals surface area contributed by atoms with Gasteiger partial charge in [-0.05, 0) is 44.0 Å². The van der Waals surface area contributed by atoms with Gasteiger partial charge in [0.1, 0.15) is 5.75 Å². The molecule has 0 fully saturated rings. The highest BCUT2D eigenvalue weighted by molar-refractivity contribution is 7.98. The van der Waals surface area contributed by atoms with Crippen molar-refractivity contribution in [2.75, 3.05) is 0 Å². The summed E-state index contributed by atoms with van der Waals surface area (Å²) in [6.45, 7) is 10.2. The van der Waals surface area contributed by atoms with Gasteiger partial charge in [-0.3, -0.25) is 4.57 Å². The van der Waals surface area contributed by atoms with Crippen molar-refractivity contribution in [3.63, 3.8) is 0 Å². The van der Waals surface area contributed by atoms with E-state index in [-0.39, 0.29) is 6.10 Å². The fourth-order valence-electron chi connectivity index (χ4n) is 3.17. The van der Waals surface area contributed by atoms with E-state index in [1.807, 2.05) is 43.5 Å². The first kappa shape index (κ1) is 22.9. The first-order valence-electron chi connectivity index (χ1n) is 9.76. The van der Waals surface area contributed by atoms with Crippen LogP contribution in [0.25, 0.3) is 0 Å². The maximum absolute atomic E-state index is 13.0. The molecule has 1 atom stereocenters. The third-order valence-corrected chi connectivity index (χ3v) is 5.72. The Kier molecular flexibility index (Phi) is 7.10. The summed E-state index contributed by atoms with van der Waals surface area (Å²) in [5.74, 6) is 1.74. The number of ether oxygens (including phenoxy) is 1. The maximum atomic E-state index is 13.0. The van der Waals surface area contributed by atoms with Crippen LogP contribution in [0.1, 0.15) is 41.1 Å². The van der Waals surface area contributed by atoms with Gasteiger partial charge in [0.15, 0.2) is 17.1 Å². The zero-order valence-electron chi connectivity index (χ0n) is 17.6. The van der Waals surface area contributed by atoms with Crippen LogP contribution in [-0.4, -0.2) is 14.8 Å². The van der Waals surface area contributed by atoms with Gasteiger partial charge in [0.05, 0.1) is 5.56 Å². The Balaban J connectivity index is 1.78. The number of hydrogen-bond acceptors (Lipinski definition) is 4. The van der Waals surface area contributed by atoms with Gasteiger partial charge in [-0.25, -0.2) is 0 Å². The molecular formula is C23H24F3N3OS. The molecule has 0 aliphatic heterocycles. The number of aromatic nitrogens is 3. The second kappa shape index (κ2) is 9.60. The molecule has 2 aromatic carbocycles. The molecule has 0 aliphatic rings. The molecule has 0 saturated heterocycles. The Hall–Kier alpha value is -2.74. The molecule has 0 radical (unpaired) electrons. The van der Waals surface area contributed by atoms with Crippen LogP contribution in [0.4, 0.5) is 13.2 Å². The second-order valence-corrected chi connectivity index (χ2v) is 8.20. The van der Waals surface area contributed by atoms with Crippen LogP contribution in [0.15, 0.2) is 60.3 Å². The summed E-state index contributed by atoms with van der Waals surface area (Å²) in [4.78, 5) is 0. The van der Waals surface area contributed by atoms with E-state index >= 15 is 0 Å². The zero-order valence-corrected chi connectivity index (χ0v) is 18.4. The topological polar surface area (TPSA) is 39.9 Å². The minimum Gasteiger partial charge on any atom is -0.482 e. The molecule has 31 heavy (non-hydrogen) atoms. The number of hydrogen-bond donors (Lipinski definition) is 0. The highest BCUT2D eigenvalue weighted by Gasteiger charge is 2.30. The number of alkyl halides is 3. The van der Waals surface area contributed by atoms with Crippen LogP contribution in [-0.2, 0) is 18.5 Å². The molecule has 1 aromatic heterocycles. The molecule has 3 rings (SSSR count). The largest absolute Gasteiger partial charge is 0.482 e. The van der Waals surface area contributed by atoms with Gasteiger partial charge in [-0.15, -0.1) is 16.8 Å². The standard InChI is InChI=1S/C23H24F3N3OS/c1-5-11-29-21(17(4)30-20-10-9-15(2)12-16(20)3)27-28-22(29)31-14-18-7-6-8-19(13-18)23(24,25)26/h5-10,12-13,17H,1,11,14H2,2-4H3. The number of halogens is 3. The Morgan fingerprint density at radius 1 is 1.16 bits per heavy atom. The maximum Gasteiger partial charge on any atom is 0.416 e. The van der Waals surface area contributed by atoms with Gasteiger partial charge < -0.3 is 4.74 Å². The lowest BCUT2D eigenvalue weighted by Crippen LogP contribution is -2.12. The van der Waals surface area contributed by atoms with E-state index in [0.29, 0.717) is 28.8 Å². The van der Waals surface area contributed by atoms with Gasteiger partial charge in [-0.2, -0.15) is 13.2 Å². The smallest absolute Gasteiger partial charge is 0.416 e. The SMILES string of the molecule is C=CCn1c(SCc2cccc(C(F)(F)F)c2)nnc1C(C)Oc1ccc(C)cc1C. The zero-order chi connectivity index (χ0) is 22.6. The number of benzene rings is 2. The van der Waals surface area contributed by atoms with Crippen LogP contribution < -0.4 is 4.74 Å². The van der Waals surface area contributed by atoms with E-state index in [4.69, 9.17) is 4.74 Å². The molecule has 0 aliphatic carbocycles. The number of aryl methyl sites for hydroxylation is 2. The summed E-state index contributed by atoms with van der Waals surface area (Å²) < 4.78 is 46.9. The first-order chi connectivity index (χ1) is 14.7. The van der Waals surface area contributed by atoms with E-state index in [1.165, 1.54) is 17.8 Å². The van der Waals surface area contributed by atoms with Gasteiger partial charge >= 0.3 is 6.18 Å². The summed E-state index contributed by atoms with van der Waals surface area (Å²) in [5, 5.41) is 9.13. The number of nitrogens with zero attached hydrogens (tertiary/aromatic N) is 3. The third-order valence-electron chi connectivity index (χ3n) is 4.68. The third kappa shape index (κ3) is 5.70. The van der Waals surface area contributed by atoms with Crippen LogP contribution in [0, 0.1) is 13.8 Å². The molecule has 1 heterocycles. The fourth-order valence-corrected chi connectivity index (χ4v) is 4.07. The first-order valence-corrected chi connectivity index (χ1v) is 10.7. The lowest BCUT2D eigenvalue weighted by atomic mass is 10.1. The number of allylic oxidation sites excluding steroid dienone is 1. The van der Waals surface area contributed by atoms with Crippen molar-refractivity contribution in [1.29, 1.82) is 0 Å². The van der Waals surface area contributed by atoms with Crippen molar-refractivity contribution >= 4 is 11.8 Å². The lowest BCUT2D eigenvalue weighted by molar-refractivity contribution is -0.137. The highest BCUT2D eigenvalue weighted by atomic mass is 32.2. The molecule has 4 nitrogen and oxygen atoms in total. The average molecular weight is 448 g/mol. The van der Waals surface area contributed by atoms with E-state index < -0.39 is 11.7 Å². The van der Waals surface area contributed by atoms with Crippen molar-refractivity contribution < 1.29 is 17.9 Å². The minimum atomic E-state index is -4.36. The van der Waals surface area contributed by atoms with E-state index in [2.05, 4.69) is 16.8 Å². The summed E-state index contributed by atoms with van der Waals surface area (Å²) >= 11 is 1.33. The van der Waals surface area contributed by atoms with Crippen molar-refractivity contribution in [1.82, 2.24) is 14.8 Å². The Bertz CT molecular complexity index is 1060. The molecule has 0 spiro atoms. The molecule has 0 amide bonds. The quantitative estimate of drug-likeness (QED) is 0.291. The van der Waals surface area contributed by atoms with Crippen molar-refractivity contribution in [3.8, 4) is 5.75 Å². The van der Waals surface area contributed by atoms with E-state index in [0.717, 1.165) is 29.0 Å². The van der Waals surface area contributed by atoms with E-state index in [9.17, 15) is 13.2 Å². The fraction of sp³-hybridized carbons (Fsp3) is 0.304. The predicted octanol–water partition coefficient (Wildman–Crippen LogP) is 6.53. The van der Waals surface area contributed by atoms with Crippen LogP contribution in [0.3, 0.4) is 0 Å². The van der Waals surface area contributed by atoms with Gasteiger partial charge in [-0.1, -0.05) is 53.7 Å². The van der Waals surface area contributed by atoms with Crippen LogP contribution in [0.5, 0.6) is 5.75 Å². The molecule has 164 valence electrons. The Morgan fingerprint density at radius 2 is 1.94 bits per heavy atom. The summed E-state index contributed by atoms with van der Waals surface area (Å²) in [5.41, 5.74) is 2.09. The summed E-state index contributed by atoms with van der Waals surface area (Å²) in [6, 6.07) is 11.3. The van der Waals surface area contributed by atoms with Crippen molar-refractivity contribution in [2.24, 2.45) is 0 Å². The average Bonchev–Trinajstić information content (AvgIpc) is 3.11. The van der Waals surface area contributed by atoms with Crippen molar-refractivity contribution in [3.05, 3.63) is 83.2 Å². The van der Waals surface area contributed by atoms with Crippen LogP contribution in [0.2, 0.25) is 0 Å². The molecule has 3 aromatic rings. The highest BCUT2D eigenvalue weighted by Crippen LogP contribution is 2.32.